The van der Waals surface area contributed by atoms with Gasteiger partial charge >= 0.3 is 0 Å². The van der Waals surface area contributed by atoms with Crippen LogP contribution in [-0.4, -0.2) is 49.5 Å². The van der Waals surface area contributed by atoms with Crippen molar-refractivity contribution in [2.45, 2.75) is 46.1 Å². The molecule has 0 aromatic rings. The van der Waals surface area contributed by atoms with Gasteiger partial charge in [-0.3, -0.25) is 0 Å². The number of aliphatic hydroxyl groups excluding tert-OH is 1. The van der Waals surface area contributed by atoms with Gasteiger partial charge in [-0.2, -0.15) is 0 Å². The van der Waals surface area contributed by atoms with E-state index in [1.807, 2.05) is 0 Å². The molecule has 1 aliphatic rings. The van der Waals surface area contributed by atoms with Crippen molar-refractivity contribution in [3.63, 3.8) is 0 Å². The predicted molar refractivity (Wildman–Crippen MR) is 75.7 cm³/mol. The van der Waals surface area contributed by atoms with Gasteiger partial charge in [0.15, 0.2) is 0 Å². The highest BCUT2D eigenvalue weighted by molar-refractivity contribution is 4.83. The largest absolute Gasteiger partial charge is 0.393 e. The van der Waals surface area contributed by atoms with Crippen molar-refractivity contribution in [1.82, 2.24) is 4.90 Å². The lowest BCUT2D eigenvalue weighted by molar-refractivity contribution is 0.0155. The van der Waals surface area contributed by atoms with E-state index >= 15 is 0 Å². The zero-order valence-electron chi connectivity index (χ0n) is 12.6. The molecule has 0 radical (unpaired) electrons. The van der Waals surface area contributed by atoms with Crippen LogP contribution in [0.1, 0.15) is 40.0 Å². The maximum absolute atomic E-state index is 10.2. The van der Waals surface area contributed by atoms with Gasteiger partial charge in [-0.05, 0) is 43.6 Å². The Hall–Kier alpha value is -0.120. The molecule has 0 spiro atoms. The standard InChI is InChI=1S/C15H31NO2/c1-5-16(8-9-18-4)11-14-10-13(12(2)3)6-7-15(14)17/h12-15,17H,5-11H2,1-4H3. The van der Waals surface area contributed by atoms with E-state index in [-0.39, 0.29) is 6.10 Å². The quantitative estimate of drug-likeness (QED) is 0.760. The molecule has 18 heavy (non-hydrogen) atoms. The molecule has 0 aromatic carbocycles. The number of aliphatic hydroxyl groups is 1. The first-order chi connectivity index (χ1) is 8.58. The van der Waals surface area contributed by atoms with Crippen LogP contribution in [0, 0.1) is 17.8 Å². The van der Waals surface area contributed by atoms with Gasteiger partial charge in [-0.25, -0.2) is 0 Å². The monoisotopic (exact) mass is 257 g/mol. The number of likely N-dealkylation sites (N-methyl/N-ethyl adjacent to an activating group) is 1. The van der Waals surface area contributed by atoms with Crippen LogP contribution >= 0.6 is 0 Å². The van der Waals surface area contributed by atoms with E-state index in [9.17, 15) is 5.11 Å². The first-order valence-electron chi connectivity index (χ1n) is 7.47. The summed E-state index contributed by atoms with van der Waals surface area (Å²) in [6.45, 7) is 10.6. The number of nitrogens with zero attached hydrogens (tertiary/aromatic N) is 1. The zero-order valence-corrected chi connectivity index (χ0v) is 12.6. The maximum atomic E-state index is 10.2. The SMILES string of the molecule is CCN(CCOC)CC1CC(C(C)C)CCC1O. The van der Waals surface area contributed by atoms with Crippen LogP contribution in [0.15, 0.2) is 0 Å². The molecule has 1 saturated carbocycles. The van der Waals surface area contributed by atoms with Gasteiger partial charge in [-0.15, -0.1) is 0 Å². The Labute approximate surface area is 113 Å². The van der Waals surface area contributed by atoms with Gasteiger partial charge in [0, 0.05) is 20.2 Å². The Kier molecular flexibility index (Phi) is 7.20. The fraction of sp³-hybridized carbons (Fsp3) is 1.00. The summed E-state index contributed by atoms with van der Waals surface area (Å²) in [4.78, 5) is 2.40. The van der Waals surface area contributed by atoms with Crippen LogP contribution in [0.3, 0.4) is 0 Å². The Bertz CT molecular complexity index is 221. The van der Waals surface area contributed by atoms with E-state index in [0.717, 1.165) is 44.5 Å². The first kappa shape index (κ1) is 15.9. The lowest BCUT2D eigenvalue weighted by atomic mass is 9.74. The van der Waals surface area contributed by atoms with Crippen molar-refractivity contribution in [1.29, 1.82) is 0 Å². The van der Waals surface area contributed by atoms with Crippen molar-refractivity contribution < 1.29 is 9.84 Å². The van der Waals surface area contributed by atoms with Crippen molar-refractivity contribution >= 4 is 0 Å². The predicted octanol–water partition coefficient (Wildman–Crippen LogP) is 2.39. The molecule has 3 heteroatoms. The van der Waals surface area contributed by atoms with Gasteiger partial charge in [0.25, 0.3) is 0 Å². The van der Waals surface area contributed by atoms with Crippen LogP contribution in [0.4, 0.5) is 0 Å². The van der Waals surface area contributed by atoms with Gasteiger partial charge in [0.05, 0.1) is 12.7 Å². The lowest BCUT2D eigenvalue weighted by Crippen LogP contribution is -2.40. The van der Waals surface area contributed by atoms with E-state index in [0.29, 0.717) is 5.92 Å². The van der Waals surface area contributed by atoms with Crippen LogP contribution in [-0.2, 0) is 4.74 Å². The van der Waals surface area contributed by atoms with E-state index in [2.05, 4.69) is 25.7 Å². The van der Waals surface area contributed by atoms with Crippen LogP contribution in [0.5, 0.6) is 0 Å². The fourth-order valence-electron chi connectivity index (χ4n) is 3.02. The summed E-state index contributed by atoms with van der Waals surface area (Å²) in [5.41, 5.74) is 0. The minimum Gasteiger partial charge on any atom is -0.393 e. The summed E-state index contributed by atoms with van der Waals surface area (Å²) in [6, 6.07) is 0. The zero-order chi connectivity index (χ0) is 13.5. The smallest absolute Gasteiger partial charge is 0.0589 e. The molecule has 3 unspecified atom stereocenters. The first-order valence-corrected chi connectivity index (χ1v) is 7.47. The second kappa shape index (κ2) is 8.13. The van der Waals surface area contributed by atoms with Gasteiger partial charge in [0.1, 0.15) is 0 Å². The summed E-state index contributed by atoms with van der Waals surface area (Å²) >= 11 is 0. The number of ether oxygens (including phenoxy) is 1. The van der Waals surface area contributed by atoms with E-state index in [1.165, 1.54) is 12.8 Å². The third-order valence-electron chi connectivity index (χ3n) is 4.48. The molecule has 1 rings (SSSR count). The van der Waals surface area contributed by atoms with Crippen LogP contribution in [0.2, 0.25) is 0 Å². The molecule has 0 aromatic heterocycles. The highest BCUT2D eigenvalue weighted by Gasteiger charge is 2.31. The average Bonchev–Trinajstić information content (AvgIpc) is 2.36. The molecule has 3 nitrogen and oxygen atoms in total. The van der Waals surface area contributed by atoms with Gasteiger partial charge in [-0.1, -0.05) is 20.8 Å². The normalized spacial score (nSPS) is 29.2. The topological polar surface area (TPSA) is 32.7 Å². The van der Waals surface area contributed by atoms with Crippen LogP contribution in [0.25, 0.3) is 0 Å². The molecule has 0 bridgehead atoms. The molecular weight excluding hydrogens is 226 g/mol. The summed E-state index contributed by atoms with van der Waals surface area (Å²) in [5, 5.41) is 10.2. The molecule has 0 amide bonds. The highest BCUT2D eigenvalue weighted by Crippen LogP contribution is 2.34. The highest BCUT2D eigenvalue weighted by atomic mass is 16.5. The third-order valence-corrected chi connectivity index (χ3v) is 4.48. The van der Waals surface area contributed by atoms with E-state index in [1.54, 1.807) is 7.11 Å². The Morgan fingerprint density at radius 3 is 2.61 bits per heavy atom. The summed E-state index contributed by atoms with van der Waals surface area (Å²) in [7, 11) is 1.75. The van der Waals surface area contributed by atoms with Gasteiger partial charge in [0.2, 0.25) is 0 Å². The molecule has 1 fully saturated rings. The molecule has 1 N–H and O–H groups in total. The van der Waals surface area contributed by atoms with Crippen LogP contribution < -0.4 is 0 Å². The fourth-order valence-corrected chi connectivity index (χ4v) is 3.02. The van der Waals surface area contributed by atoms with Crippen molar-refractivity contribution in [3.8, 4) is 0 Å². The van der Waals surface area contributed by atoms with Crippen molar-refractivity contribution in [3.05, 3.63) is 0 Å². The molecular formula is C15H31NO2. The maximum Gasteiger partial charge on any atom is 0.0589 e. The van der Waals surface area contributed by atoms with Crippen molar-refractivity contribution in [2.24, 2.45) is 17.8 Å². The molecule has 1 aliphatic carbocycles. The third kappa shape index (κ3) is 4.87. The summed E-state index contributed by atoms with van der Waals surface area (Å²) < 4.78 is 5.15. The minimum atomic E-state index is -0.100. The Morgan fingerprint density at radius 2 is 2.06 bits per heavy atom. The minimum absolute atomic E-state index is 0.100. The number of hydrogen-bond donors (Lipinski definition) is 1. The number of hydrogen-bond acceptors (Lipinski definition) is 3. The number of rotatable bonds is 7. The summed E-state index contributed by atoms with van der Waals surface area (Å²) in [5.74, 6) is 1.98. The number of methoxy groups -OCH3 is 1. The Morgan fingerprint density at radius 1 is 1.33 bits per heavy atom. The van der Waals surface area contributed by atoms with E-state index in [4.69, 9.17) is 4.74 Å². The van der Waals surface area contributed by atoms with E-state index < -0.39 is 0 Å². The Balaban J connectivity index is 2.46. The van der Waals surface area contributed by atoms with Gasteiger partial charge < -0.3 is 14.7 Å². The molecule has 108 valence electrons. The second-order valence-corrected chi connectivity index (χ2v) is 6.03. The summed E-state index contributed by atoms with van der Waals surface area (Å²) in [6.07, 6.45) is 3.26. The van der Waals surface area contributed by atoms with Crippen molar-refractivity contribution in [2.75, 3.05) is 33.4 Å². The molecule has 0 heterocycles. The second-order valence-electron chi connectivity index (χ2n) is 6.03. The average molecular weight is 257 g/mol. The molecule has 3 atom stereocenters. The molecule has 0 aliphatic heterocycles. The molecule has 0 saturated heterocycles. The lowest BCUT2D eigenvalue weighted by Gasteiger charge is -2.37.